The molecule has 0 fully saturated rings. The van der Waals surface area contributed by atoms with Gasteiger partial charge in [0.25, 0.3) is 0 Å². The predicted molar refractivity (Wildman–Crippen MR) is 71.0 cm³/mol. The maximum Gasteiger partial charge on any atom is 0.209 e. The van der Waals surface area contributed by atoms with Crippen molar-refractivity contribution in [1.82, 2.24) is 20.2 Å². The SMILES string of the molecule is Cn1nnnc1SCCC[NH2+]Cc1ccc(F)cc1. The van der Waals surface area contributed by atoms with Gasteiger partial charge in [-0.1, -0.05) is 23.9 Å². The molecule has 0 spiro atoms. The van der Waals surface area contributed by atoms with Crippen LogP contribution in [0.2, 0.25) is 0 Å². The summed E-state index contributed by atoms with van der Waals surface area (Å²) in [6, 6.07) is 6.65. The fourth-order valence-electron chi connectivity index (χ4n) is 1.62. The number of hydrogen-bond donors (Lipinski definition) is 1. The highest BCUT2D eigenvalue weighted by atomic mass is 32.2. The van der Waals surface area contributed by atoms with Crippen molar-refractivity contribution in [2.75, 3.05) is 12.3 Å². The molecule has 1 heterocycles. The molecule has 0 unspecified atom stereocenters. The lowest BCUT2D eigenvalue weighted by Gasteiger charge is -2.02. The topological polar surface area (TPSA) is 60.2 Å². The van der Waals surface area contributed by atoms with Gasteiger partial charge in [-0.2, -0.15) is 0 Å². The van der Waals surface area contributed by atoms with Crippen molar-refractivity contribution in [2.24, 2.45) is 7.05 Å². The van der Waals surface area contributed by atoms with E-state index < -0.39 is 0 Å². The third-order valence-corrected chi connectivity index (χ3v) is 3.76. The van der Waals surface area contributed by atoms with Gasteiger partial charge in [0.15, 0.2) is 0 Å². The van der Waals surface area contributed by atoms with Gasteiger partial charge in [0.1, 0.15) is 12.4 Å². The van der Waals surface area contributed by atoms with Crippen LogP contribution >= 0.6 is 11.8 Å². The Kier molecular flexibility index (Phi) is 5.29. The first kappa shape index (κ1) is 14.0. The molecule has 2 rings (SSSR count). The molecule has 0 saturated heterocycles. The number of tetrazole rings is 1. The van der Waals surface area contributed by atoms with Crippen molar-refractivity contribution < 1.29 is 9.71 Å². The summed E-state index contributed by atoms with van der Waals surface area (Å²) in [7, 11) is 1.84. The number of aryl methyl sites for hydroxylation is 1. The minimum atomic E-state index is -0.183. The summed E-state index contributed by atoms with van der Waals surface area (Å²) in [4.78, 5) is 0. The zero-order chi connectivity index (χ0) is 13.5. The van der Waals surface area contributed by atoms with E-state index in [4.69, 9.17) is 0 Å². The van der Waals surface area contributed by atoms with Gasteiger partial charge in [-0.05, 0) is 22.6 Å². The van der Waals surface area contributed by atoms with Gasteiger partial charge in [-0.15, -0.1) is 5.10 Å². The van der Waals surface area contributed by atoms with Crippen molar-refractivity contribution in [1.29, 1.82) is 0 Å². The van der Waals surface area contributed by atoms with Gasteiger partial charge in [0.2, 0.25) is 5.16 Å². The second-order valence-electron chi connectivity index (χ2n) is 4.20. The second kappa shape index (κ2) is 7.20. The number of benzene rings is 1. The molecule has 19 heavy (non-hydrogen) atoms. The van der Waals surface area contributed by atoms with Crippen LogP contribution in [0, 0.1) is 5.82 Å². The third-order valence-electron chi connectivity index (χ3n) is 2.66. The summed E-state index contributed by atoms with van der Waals surface area (Å²) in [6.07, 6.45) is 1.08. The van der Waals surface area contributed by atoms with Gasteiger partial charge in [-0.25, -0.2) is 9.07 Å². The van der Waals surface area contributed by atoms with E-state index in [2.05, 4.69) is 20.8 Å². The molecule has 0 aliphatic carbocycles. The van der Waals surface area contributed by atoms with Crippen LogP contribution in [-0.4, -0.2) is 32.5 Å². The van der Waals surface area contributed by atoms with E-state index in [1.54, 1.807) is 16.4 Å². The quantitative estimate of drug-likeness (QED) is 0.596. The Bertz CT molecular complexity index is 499. The zero-order valence-corrected chi connectivity index (χ0v) is 11.6. The van der Waals surface area contributed by atoms with Crippen molar-refractivity contribution in [2.45, 2.75) is 18.1 Å². The van der Waals surface area contributed by atoms with E-state index in [0.717, 1.165) is 36.0 Å². The van der Waals surface area contributed by atoms with Gasteiger partial charge in [-0.3, -0.25) is 0 Å². The number of hydrogen-bond acceptors (Lipinski definition) is 4. The standard InChI is InChI=1S/C12H16FN5S/c1-18-12(15-16-17-18)19-8-2-7-14-9-10-3-5-11(13)6-4-10/h3-6,14H,2,7-9H2,1H3/p+1. The predicted octanol–water partition coefficient (Wildman–Crippen LogP) is 0.595. The molecule has 0 aliphatic heterocycles. The molecule has 102 valence electrons. The Hall–Kier alpha value is -1.47. The average molecular weight is 282 g/mol. The highest BCUT2D eigenvalue weighted by molar-refractivity contribution is 7.99. The lowest BCUT2D eigenvalue weighted by molar-refractivity contribution is -0.670. The van der Waals surface area contributed by atoms with Gasteiger partial charge in [0, 0.05) is 24.8 Å². The fraction of sp³-hybridized carbons (Fsp3) is 0.417. The Labute approximate surface area is 115 Å². The summed E-state index contributed by atoms with van der Waals surface area (Å²) >= 11 is 1.66. The summed E-state index contributed by atoms with van der Waals surface area (Å²) in [5, 5.41) is 14.3. The maximum absolute atomic E-state index is 12.7. The molecule has 0 atom stereocenters. The Morgan fingerprint density at radius 1 is 1.32 bits per heavy atom. The molecular formula is C12H17FN5S+. The lowest BCUT2D eigenvalue weighted by Crippen LogP contribution is -2.82. The largest absolute Gasteiger partial charge is 0.342 e. The zero-order valence-electron chi connectivity index (χ0n) is 10.8. The van der Waals surface area contributed by atoms with Crippen LogP contribution in [0.25, 0.3) is 0 Å². The fourth-order valence-corrected chi connectivity index (χ4v) is 2.44. The maximum atomic E-state index is 12.7. The molecule has 0 aliphatic rings. The molecule has 0 radical (unpaired) electrons. The first-order valence-electron chi connectivity index (χ1n) is 6.17. The highest BCUT2D eigenvalue weighted by Gasteiger charge is 2.02. The van der Waals surface area contributed by atoms with E-state index in [1.165, 1.54) is 12.1 Å². The highest BCUT2D eigenvalue weighted by Crippen LogP contribution is 2.12. The molecule has 2 N–H and O–H groups in total. The number of rotatable bonds is 7. The summed E-state index contributed by atoms with van der Waals surface area (Å²) in [5.74, 6) is 0.811. The molecular weight excluding hydrogens is 265 g/mol. The van der Waals surface area contributed by atoms with Crippen molar-refractivity contribution >= 4 is 11.8 Å². The van der Waals surface area contributed by atoms with E-state index in [-0.39, 0.29) is 5.82 Å². The van der Waals surface area contributed by atoms with Crippen LogP contribution in [0.5, 0.6) is 0 Å². The molecule has 5 nitrogen and oxygen atoms in total. The van der Waals surface area contributed by atoms with Gasteiger partial charge < -0.3 is 5.32 Å². The second-order valence-corrected chi connectivity index (χ2v) is 5.26. The Morgan fingerprint density at radius 2 is 2.11 bits per heavy atom. The van der Waals surface area contributed by atoms with Crippen LogP contribution in [0.4, 0.5) is 4.39 Å². The Balaban J connectivity index is 1.57. The van der Waals surface area contributed by atoms with Crippen LogP contribution in [0.15, 0.2) is 29.4 Å². The smallest absolute Gasteiger partial charge is 0.209 e. The third kappa shape index (κ3) is 4.60. The van der Waals surface area contributed by atoms with Crippen LogP contribution < -0.4 is 5.32 Å². The van der Waals surface area contributed by atoms with Crippen molar-refractivity contribution in [3.05, 3.63) is 35.6 Å². The van der Waals surface area contributed by atoms with E-state index in [0.29, 0.717) is 0 Å². The number of nitrogens with zero attached hydrogens (tertiary/aromatic N) is 4. The van der Waals surface area contributed by atoms with Gasteiger partial charge >= 0.3 is 0 Å². The molecule has 0 amide bonds. The number of thioether (sulfide) groups is 1. The first-order chi connectivity index (χ1) is 9.25. The van der Waals surface area contributed by atoms with E-state index in [1.807, 2.05) is 19.2 Å². The number of nitrogens with two attached hydrogens (primary N) is 1. The molecule has 1 aromatic carbocycles. The van der Waals surface area contributed by atoms with Gasteiger partial charge in [0.05, 0.1) is 6.54 Å². The number of halogens is 1. The average Bonchev–Trinajstić information content (AvgIpc) is 2.81. The van der Waals surface area contributed by atoms with Crippen LogP contribution in [0.3, 0.4) is 0 Å². The summed E-state index contributed by atoms with van der Waals surface area (Å²) < 4.78 is 14.4. The normalized spacial score (nSPS) is 10.8. The van der Waals surface area contributed by atoms with Crippen LogP contribution in [0.1, 0.15) is 12.0 Å². The first-order valence-corrected chi connectivity index (χ1v) is 7.15. The molecule has 0 saturated carbocycles. The summed E-state index contributed by atoms with van der Waals surface area (Å²) in [5.41, 5.74) is 1.14. The van der Waals surface area contributed by atoms with E-state index in [9.17, 15) is 4.39 Å². The van der Waals surface area contributed by atoms with Crippen molar-refractivity contribution in [3.63, 3.8) is 0 Å². The molecule has 2 aromatic rings. The van der Waals surface area contributed by atoms with E-state index >= 15 is 0 Å². The van der Waals surface area contributed by atoms with Crippen molar-refractivity contribution in [3.8, 4) is 0 Å². The van der Waals surface area contributed by atoms with Crippen LogP contribution in [-0.2, 0) is 13.6 Å². The lowest BCUT2D eigenvalue weighted by atomic mass is 10.2. The molecule has 0 bridgehead atoms. The molecule has 7 heteroatoms. The Morgan fingerprint density at radius 3 is 2.79 bits per heavy atom. The minimum Gasteiger partial charge on any atom is -0.342 e. The minimum absolute atomic E-state index is 0.183. The number of aromatic nitrogens is 4. The summed E-state index contributed by atoms with van der Waals surface area (Å²) in [6.45, 7) is 1.92. The monoisotopic (exact) mass is 282 g/mol. The molecule has 1 aromatic heterocycles. The number of quaternary nitrogens is 1.